The van der Waals surface area contributed by atoms with E-state index in [0.717, 1.165) is 24.9 Å². The minimum absolute atomic E-state index is 0.0292. The van der Waals surface area contributed by atoms with Crippen LogP contribution in [0.2, 0.25) is 0 Å². The van der Waals surface area contributed by atoms with E-state index in [4.69, 9.17) is 0 Å². The molecular formula is C29H34N4O3. The van der Waals surface area contributed by atoms with Crippen molar-refractivity contribution in [1.29, 1.82) is 0 Å². The van der Waals surface area contributed by atoms with Crippen molar-refractivity contribution in [3.63, 3.8) is 0 Å². The lowest BCUT2D eigenvalue weighted by molar-refractivity contribution is -0.116. The Bertz CT molecular complexity index is 1160. The Balaban J connectivity index is 1.55. The van der Waals surface area contributed by atoms with E-state index < -0.39 is 0 Å². The molecule has 3 aromatic carbocycles. The lowest BCUT2D eigenvalue weighted by atomic mass is 10.1. The molecule has 0 atom stereocenters. The van der Waals surface area contributed by atoms with Crippen LogP contribution in [-0.4, -0.2) is 30.8 Å². The number of carbonyl (C=O) groups excluding carboxylic acids is 3. The van der Waals surface area contributed by atoms with Crippen molar-refractivity contribution in [3.8, 4) is 0 Å². The summed E-state index contributed by atoms with van der Waals surface area (Å²) >= 11 is 0. The molecule has 188 valence electrons. The van der Waals surface area contributed by atoms with E-state index in [-0.39, 0.29) is 24.3 Å². The van der Waals surface area contributed by atoms with Crippen LogP contribution >= 0.6 is 0 Å². The second-order valence-corrected chi connectivity index (χ2v) is 8.45. The summed E-state index contributed by atoms with van der Waals surface area (Å²) < 4.78 is 0. The van der Waals surface area contributed by atoms with Crippen LogP contribution in [0, 0.1) is 0 Å². The monoisotopic (exact) mass is 486 g/mol. The molecule has 3 rings (SSSR count). The van der Waals surface area contributed by atoms with Crippen LogP contribution in [0.15, 0.2) is 78.9 Å². The summed E-state index contributed by atoms with van der Waals surface area (Å²) in [6, 6.07) is 23.7. The summed E-state index contributed by atoms with van der Waals surface area (Å²) in [7, 11) is 0. The zero-order valence-corrected chi connectivity index (χ0v) is 20.9. The first-order valence-corrected chi connectivity index (χ1v) is 12.4. The maximum atomic E-state index is 13.1. The van der Waals surface area contributed by atoms with E-state index in [9.17, 15) is 14.4 Å². The smallest absolute Gasteiger partial charge is 0.258 e. The summed E-state index contributed by atoms with van der Waals surface area (Å²) in [5.41, 5.74) is 3.29. The van der Waals surface area contributed by atoms with Gasteiger partial charge in [-0.25, -0.2) is 0 Å². The van der Waals surface area contributed by atoms with Crippen LogP contribution in [0.1, 0.15) is 49.9 Å². The number of hydrogen-bond donors (Lipinski definition) is 3. The highest BCUT2D eigenvalue weighted by atomic mass is 16.2. The first kappa shape index (κ1) is 26.5. The molecule has 0 saturated carbocycles. The average Bonchev–Trinajstić information content (AvgIpc) is 2.89. The second kappa shape index (κ2) is 13.7. The van der Waals surface area contributed by atoms with Crippen LogP contribution < -0.4 is 20.9 Å². The average molecular weight is 487 g/mol. The van der Waals surface area contributed by atoms with Gasteiger partial charge < -0.3 is 20.9 Å². The van der Waals surface area contributed by atoms with Crippen molar-refractivity contribution in [3.05, 3.63) is 84.4 Å². The minimum Gasteiger partial charge on any atom is -0.376 e. The molecule has 0 heterocycles. The highest BCUT2D eigenvalue weighted by molar-refractivity contribution is 6.06. The first-order chi connectivity index (χ1) is 17.5. The number of benzene rings is 3. The minimum atomic E-state index is -0.238. The zero-order chi connectivity index (χ0) is 25.8. The normalized spacial score (nSPS) is 10.4. The topological polar surface area (TPSA) is 90.5 Å². The van der Waals surface area contributed by atoms with Gasteiger partial charge in [-0.2, -0.15) is 0 Å². The standard InChI is InChI=1S/C29H34N4O3/c1-3-5-7-18-27(34)31-24-14-11-15-25(20-24)32-28(35)21-30-23-13-10-12-22(19-23)29(36)33(4-2)26-16-8-6-9-17-26/h6,8-17,19-20,30H,3-5,7,18,21H2,1-2H3,(H,31,34)(H,32,35). The molecule has 0 unspecified atom stereocenters. The maximum Gasteiger partial charge on any atom is 0.258 e. The molecule has 7 nitrogen and oxygen atoms in total. The number of hydrogen-bond acceptors (Lipinski definition) is 4. The number of rotatable bonds is 12. The number of nitrogens with zero attached hydrogens (tertiary/aromatic N) is 1. The van der Waals surface area contributed by atoms with Gasteiger partial charge in [0.15, 0.2) is 0 Å². The summed E-state index contributed by atoms with van der Waals surface area (Å²) in [6.07, 6.45) is 3.43. The second-order valence-electron chi connectivity index (χ2n) is 8.45. The van der Waals surface area contributed by atoms with Crippen molar-refractivity contribution < 1.29 is 14.4 Å². The van der Waals surface area contributed by atoms with Crippen LogP contribution in [0.3, 0.4) is 0 Å². The van der Waals surface area contributed by atoms with E-state index in [1.54, 1.807) is 47.4 Å². The number of para-hydroxylation sites is 1. The zero-order valence-electron chi connectivity index (χ0n) is 20.9. The number of nitrogens with one attached hydrogen (secondary N) is 3. The van der Waals surface area contributed by atoms with Gasteiger partial charge in [-0.05, 0) is 61.9 Å². The predicted molar refractivity (Wildman–Crippen MR) is 147 cm³/mol. The Morgan fingerprint density at radius 2 is 1.39 bits per heavy atom. The molecule has 3 aromatic rings. The SMILES string of the molecule is CCCCCC(=O)Nc1cccc(NC(=O)CNc2cccc(C(=O)N(CC)c3ccccc3)c2)c1. The molecule has 7 heteroatoms. The molecule has 0 aliphatic carbocycles. The van der Waals surface area contributed by atoms with Crippen molar-refractivity contribution in [2.24, 2.45) is 0 Å². The van der Waals surface area contributed by atoms with Crippen molar-refractivity contribution >= 4 is 40.5 Å². The lowest BCUT2D eigenvalue weighted by Gasteiger charge is -2.21. The maximum absolute atomic E-state index is 13.1. The molecular weight excluding hydrogens is 452 g/mol. The Morgan fingerprint density at radius 1 is 0.722 bits per heavy atom. The molecule has 0 aliphatic heterocycles. The van der Waals surface area contributed by atoms with E-state index in [2.05, 4.69) is 22.9 Å². The van der Waals surface area contributed by atoms with Gasteiger partial charge >= 0.3 is 0 Å². The van der Waals surface area contributed by atoms with E-state index in [0.29, 0.717) is 35.6 Å². The number of amides is 3. The van der Waals surface area contributed by atoms with E-state index in [1.165, 1.54) is 0 Å². The molecule has 3 N–H and O–H groups in total. The third-order valence-corrected chi connectivity index (χ3v) is 5.63. The highest BCUT2D eigenvalue weighted by Crippen LogP contribution is 2.19. The fourth-order valence-corrected chi connectivity index (χ4v) is 3.79. The fraction of sp³-hybridized carbons (Fsp3) is 0.276. The van der Waals surface area contributed by atoms with Gasteiger partial charge in [-0.15, -0.1) is 0 Å². The molecule has 0 bridgehead atoms. The van der Waals surface area contributed by atoms with Crippen molar-refractivity contribution in [2.45, 2.75) is 39.5 Å². The van der Waals surface area contributed by atoms with Gasteiger partial charge in [0.2, 0.25) is 11.8 Å². The molecule has 3 amide bonds. The van der Waals surface area contributed by atoms with Crippen LogP contribution in [0.5, 0.6) is 0 Å². The summed E-state index contributed by atoms with van der Waals surface area (Å²) in [5.74, 6) is -0.375. The number of unbranched alkanes of at least 4 members (excludes halogenated alkanes) is 2. The van der Waals surface area contributed by atoms with E-state index >= 15 is 0 Å². The van der Waals surface area contributed by atoms with E-state index in [1.807, 2.05) is 43.3 Å². The van der Waals surface area contributed by atoms with Gasteiger partial charge in [-0.1, -0.05) is 50.1 Å². The molecule has 0 saturated heterocycles. The van der Waals surface area contributed by atoms with Crippen molar-refractivity contribution in [2.75, 3.05) is 33.9 Å². The van der Waals surface area contributed by atoms with Crippen LogP contribution in [-0.2, 0) is 9.59 Å². The molecule has 0 aliphatic rings. The predicted octanol–water partition coefficient (Wildman–Crippen LogP) is 5.92. The van der Waals surface area contributed by atoms with Gasteiger partial charge in [0.1, 0.15) is 0 Å². The Morgan fingerprint density at radius 3 is 2.08 bits per heavy atom. The third-order valence-electron chi connectivity index (χ3n) is 5.63. The molecule has 0 aromatic heterocycles. The largest absolute Gasteiger partial charge is 0.376 e. The quantitative estimate of drug-likeness (QED) is 0.277. The summed E-state index contributed by atoms with van der Waals surface area (Å²) in [4.78, 5) is 39.4. The van der Waals surface area contributed by atoms with Crippen LogP contribution in [0.4, 0.5) is 22.7 Å². The first-order valence-electron chi connectivity index (χ1n) is 12.4. The third kappa shape index (κ3) is 7.98. The van der Waals surface area contributed by atoms with Gasteiger partial charge in [0.05, 0.1) is 6.54 Å². The Labute approximate surface area is 212 Å². The Kier molecular flexibility index (Phi) is 10.1. The summed E-state index contributed by atoms with van der Waals surface area (Å²) in [6.45, 7) is 4.61. The molecule has 0 radical (unpaired) electrons. The number of carbonyl (C=O) groups is 3. The molecule has 36 heavy (non-hydrogen) atoms. The van der Waals surface area contributed by atoms with Gasteiger partial charge in [0, 0.05) is 41.3 Å². The highest BCUT2D eigenvalue weighted by Gasteiger charge is 2.16. The molecule has 0 spiro atoms. The van der Waals surface area contributed by atoms with Crippen molar-refractivity contribution in [1.82, 2.24) is 0 Å². The van der Waals surface area contributed by atoms with Crippen LogP contribution in [0.25, 0.3) is 0 Å². The number of anilines is 4. The molecule has 0 fully saturated rings. The Hall–Kier alpha value is -4.13. The summed E-state index contributed by atoms with van der Waals surface area (Å²) in [5, 5.41) is 8.79. The van der Waals surface area contributed by atoms with Gasteiger partial charge in [0.25, 0.3) is 5.91 Å². The fourth-order valence-electron chi connectivity index (χ4n) is 3.79. The lowest BCUT2D eigenvalue weighted by Crippen LogP contribution is -2.30. The van der Waals surface area contributed by atoms with Gasteiger partial charge in [-0.3, -0.25) is 14.4 Å².